The number of hydrogen-bond acceptors (Lipinski definition) is 3. The molecular formula is C13H18FNOS. The second kappa shape index (κ2) is 4.50. The summed E-state index contributed by atoms with van der Waals surface area (Å²) in [5, 5.41) is 3.23. The molecule has 0 aliphatic carbocycles. The molecule has 94 valence electrons. The van der Waals surface area contributed by atoms with E-state index in [-0.39, 0.29) is 16.6 Å². The van der Waals surface area contributed by atoms with Gasteiger partial charge >= 0.3 is 0 Å². The average molecular weight is 255 g/mol. The summed E-state index contributed by atoms with van der Waals surface area (Å²) in [5.74, 6) is 1.43. The zero-order valence-electron chi connectivity index (χ0n) is 10.6. The SMILES string of the molecule is CNC1c2c(F)ccc(OC)c2CSC1(C)C. The normalized spacial score (nSPS) is 22.1. The highest BCUT2D eigenvalue weighted by Gasteiger charge is 2.38. The van der Waals surface area contributed by atoms with Gasteiger partial charge in [0.05, 0.1) is 7.11 Å². The minimum absolute atomic E-state index is 0.00588. The largest absolute Gasteiger partial charge is 0.496 e. The van der Waals surface area contributed by atoms with Crippen LogP contribution in [0.2, 0.25) is 0 Å². The van der Waals surface area contributed by atoms with Crippen molar-refractivity contribution < 1.29 is 9.13 Å². The Labute approximate surface area is 106 Å². The lowest BCUT2D eigenvalue weighted by molar-refractivity contribution is 0.399. The topological polar surface area (TPSA) is 21.3 Å². The van der Waals surface area contributed by atoms with E-state index in [0.29, 0.717) is 0 Å². The molecule has 1 heterocycles. The highest BCUT2D eigenvalue weighted by molar-refractivity contribution is 8.00. The maximum atomic E-state index is 14.1. The first-order valence-corrected chi connectivity index (χ1v) is 6.66. The molecule has 0 amide bonds. The van der Waals surface area contributed by atoms with Crippen molar-refractivity contribution >= 4 is 11.8 Å². The third kappa shape index (κ3) is 2.04. The molecule has 1 aromatic carbocycles. The Balaban J connectivity index is 2.60. The van der Waals surface area contributed by atoms with Gasteiger partial charge in [-0.05, 0) is 33.0 Å². The third-order valence-corrected chi connectivity index (χ3v) is 4.75. The molecule has 2 rings (SSSR count). The fourth-order valence-electron chi connectivity index (χ4n) is 2.45. The van der Waals surface area contributed by atoms with Gasteiger partial charge in [-0.25, -0.2) is 4.39 Å². The van der Waals surface area contributed by atoms with Crippen molar-refractivity contribution in [1.82, 2.24) is 5.32 Å². The Kier molecular flexibility index (Phi) is 3.36. The molecule has 1 aliphatic rings. The molecule has 17 heavy (non-hydrogen) atoms. The van der Waals surface area contributed by atoms with Gasteiger partial charge in [-0.3, -0.25) is 0 Å². The second-order valence-electron chi connectivity index (χ2n) is 4.76. The summed E-state index contributed by atoms with van der Waals surface area (Å²) in [6.07, 6.45) is 0. The van der Waals surface area contributed by atoms with E-state index < -0.39 is 0 Å². The highest BCUT2D eigenvalue weighted by atomic mass is 32.2. The predicted molar refractivity (Wildman–Crippen MR) is 70.1 cm³/mol. The van der Waals surface area contributed by atoms with Gasteiger partial charge in [0.1, 0.15) is 11.6 Å². The molecule has 0 bridgehead atoms. The van der Waals surface area contributed by atoms with E-state index in [4.69, 9.17) is 4.74 Å². The summed E-state index contributed by atoms with van der Waals surface area (Å²) in [7, 11) is 3.51. The lowest BCUT2D eigenvalue weighted by Gasteiger charge is -2.39. The van der Waals surface area contributed by atoms with Crippen molar-refractivity contribution in [2.24, 2.45) is 0 Å². The van der Waals surface area contributed by atoms with Gasteiger partial charge in [-0.15, -0.1) is 11.8 Å². The Morgan fingerprint density at radius 1 is 1.47 bits per heavy atom. The monoisotopic (exact) mass is 255 g/mol. The van der Waals surface area contributed by atoms with E-state index in [0.717, 1.165) is 22.6 Å². The Hall–Kier alpha value is -0.740. The van der Waals surface area contributed by atoms with Crippen molar-refractivity contribution in [1.29, 1.82) is 0 Å². The zero-order chi connectivity index (χ0) is 12.6. The maximum absolute atomic E-state index is 14.1. The molecule has 0 spiro atoms. The van der Waals surface area contributed by atoms with Crippen LogP contribution in [0.15, 0.2) is 12.1 Å². The van der Waals surface area contributed by atoms with Gasteiger partial charge in [-0.1, -0.05) is 0 Å². The van der Waals surface area contributed by atoms with E-state index in [9.17, 15) is 4.39 Å². The molecule has 1 unspecified atom stereocenters. The van der Waals surface area contributed by atoms with Gasteiger partial charge in [-0.2, -0.15) is 0 Å². The summed E-state index contributed by atoms with van der Waals surface area (Å²) in [4.78, 5) is 0. The number of benzene rings is 1. The third-order valence-electron chi connectivity index (χ3n) is 3.34. The molecule has 0 saturated carbocycles. The van der Waals surface area contributed by atoms with Crippen LogP contribution in [0, 0.1) is 5.82 Å². The number of ether oxygens (including phenoxy) is 1. The fourth-order valence-corrected chi connectivity index (χ4v) is 3.67. The van der Waals surface area contributed by atoms with E-state index in [1.807, 2.05) is 18.8 Å². The molecule has 0 fully saturated rings. The summed E-state index contributed by atoms with van der Waals surface area (Å²) < 4.78 is 19.4. The van der Waals surface area contributed by atoms with Gasteiger partial charge in [0.2, 0.25) is 0 Å². The minimum Gasteiger partial charge on any atom is -0.496 e. The van der Waals surface area contributed by atoms with Crippen molar-refractivity contribution in [3.05, 3.63) is 29.1 Å². The number of thioether (sulfide) groups is 1. The molecular weight excluding hydrogens is 237 g/mol. The maximum Gasteiger partial charge on any atom is 0.128 e. The van der Waals surface area contributed by atoms with E-state index in [2.05, 4.69) is 19.2 Å². The van der Waals surface area contributed by atoms with Crippen molar-refractivity contribution in [3.8, 4) is 5.75 Å². The van der Waals surface area contributed by atoms with Crippen LogP contribution >= 0.6 is 11.8 Å². The number of methoxy groups -OCH3 is 1. The molecule has 1 atom stereocenters. The minimum atomic E-state index is -0.145. The molecule has 1 N–H and O–H groups in total. The van der Waals surface area contributed by atoms with Crippen LogP contribution in [0.25, 0.3) is 0 Å². The standard InChI is InChI=1S/C13H18FNOS/c1-13(2)12(15-3)11-8(7-17-13)10(16-4)6-5-9(11)14/h5-6,12,15H,7H2,1-4H3. The zero-order valence-corrected chi connectivity index (χ0v) is 11.5. The average Bonchev–Trinajstić information content (AvgIpc) is 2.29. The number of fused-ring (bicyclic) bond motifs is 1. The molecule has 0 saturated heterocycles. The quantitative estimate of drug-likeness (QED) is 0.877. The Morgan fingerprint density at radius 3 is 2.76 bits per heavy atom. The molecule has 0 radical (unpaired) electrons. The van der Waals surface area contributed by atoms with Crippen LogP contribution in [-0.4, -0.2) is 18.9 Å². The highest BCUT2D eigenvalue weighted by Crippen LogP contribution is 2.48. The number of nitrogens with one attached hydrogen (secondary N) is 1. The van der Waals surface area contributed by atoms with Crippen LogP contribution in [-0.2, 0) is 5.75 Å². The summed E-state index contributed by atoms with van der Waals surface area (Å²) >= 11 is 1.82. The van der Waals surface area contributed by atoms with E-state index in [1.165, 1.54) is 6.07 Å². The fraction of sp³-hybridized carbons (Fsp3) is 0.538. The summed E-state index contributed by atoms with van der Waals surface area (Å²) in [6.45, 7) is 4.28. The molecule has 1 aromatic rings. The van der Waals surface area contributed by atoms with Gasteiger partial charge < -0.3 is 10.1 Å². The summed E-state index contributed by atoms with van der Waals surface area (Å²) in [5.41, 5.74) is 1.74. The van der Waals surface area contributed by atoms with Gasteiger partial charge in [0.15, 0.2) is 0 Å². The van der Waals surface area contributed by atoms with Crippen molar-refractivity contribution in [2.45, 2.75) is 30.4 Å². The van der Waals surface area contributed by atoms with Crippen LogP contribution in [0.3, 0.4) is 0 Å². The number of hydrogen-bond donors (Lipinski definition) is 1. The Morgan fingerprint density at radius 2 is 2.18 bits per heavy atom. The predicted octanol–water partition coefficient (Wildman–Crippen LogP) is 3.12. The van der Waals surface area contributed by atoms with Gasteiger partial charge in [0.25, 0.3) is 0 Å². The van der Waals surface area contributed by atoms with Crippen molar-refractivity contribution in [2.75, 3.05) is 14.2 Å². The van der Waals surface area contributed by atoms with E-state index >= 15 is 0 Å². The first kappa shape index (κ1) is 12.7. The molecule has 2 nitrogen and oxygen atoms in total. The lowest BCUT2D eigenvalue weighted by Crippen LogP contribution is -2.39. The lowest BCUT2D eigenvalue weighted by atomic mass is 9.90. The van der Waals surface area contributed by atoms with Crippen LogP contribution in [0.1, 0.15) is 31.0 Å². The van der Waals surface area contributed by atoms with E-state index in [1.54, 1.807) is 13.2 Å². The first-order valence-electron chi connectivity index (χ1n) is 5.67. The smallest absolute Gasteiger partial charge is 0.128 e. The number of halogens is 1. The molecule has 4 heteroatoms. The van der Waals surface area contributed by atoms with Crippen LogP contribution in [0.5, 0.6) is 5.75 Å². The first-order chi connectivity index (χ1) is 8.01. The second-order valence-corrected chi connectivity index (χ2v) is 6.39. The van der Waals surface area contributed by atoms with Gasteiger partial charge in [0, 0.05) is 27.7 Å². The van der Waals surface area contributed by atoms with Crippen LogP contribution < -0.4 is 10.1 Å². The van der Waals surface area contributed by atoms with Crippen LogP contribution in [0.4, 0.5) is 4.39 Å². The summed E-state index contributed by atoms with van der Waals surface area (Å²) in [6, 6.07) is 3.21. The van der Waals surface area contributed by atoms with Crippen molar-refractivity contribution in [3.63, 3.8) is 0 Å². The number of rotatable bonds is 2. The molecule has 0 aromatic heterocycles. The Bertz CT molecular complexity index is 434. The molecule has 1 aliphatic heterocycles.